The van der Waals surface area contributed by atoms with Crippen LogP contribution in [0.1, 0.15) is 17.4 Å². The van der Waals surface area contributed by atoms with Gasteiger partial charge >= 0.3 is 0 Å². The minimum Gasteiger partial charge on any atom is -0.253 e. The van der Waals surface area contributed by atoms with Crippen molar-refractivity contribution < 1.29 is 0 Å². The molecule has 0 atom stereocenters. The van der Waals surface area contributed by atoms with Crippen molar-refractivity contribution in [3.05, 3.63) is 35.0 Å². The first-order chi connectivity index (χ1) is 6.81. The molecule has 0 N–H and O–H groups in total. The molecule has 0 fully saturated rings. The molecule has 0 radical (unpaired) electrons. The second-order valence-corrected chi connectivity index (χ2v) is 4.38. The number of hydrogen-bond donors (Lipinski definition) is 0. The second kappa shape index (κ2) is 3.88. The Kier molecular flexibility index (Phi) is 2.59. The highest BCUT2D eigenvalue weighted by molar-refractivity contribution is 7.14. The van der Waals surface area contributed by atoms with Gasteiger partial charge in [0.15, 0.2) is 0 Å². The summed E-state index contributed by atoms with van der Waals surface area (Å²) in [6.45, 7) is 4.21. The van der Waals surface area contributed by atoms with Crippen molar-refractivity contribution in [3.63, 3.8) is 0 Å². The molecule has 3 heteroatoms. The standard InChI is InChI=1S/C11H12N2S/c1-3-9-5-4-6-12-10(9)11-13-7-8(2)14-11/h4-7H,3H2,1-2H3. The molecular weight excluding hydrogens is 192 g/mol. The summed E-state index contributed by atoms with van der Waals surface area (Å²) in [6, 6.07) is 4.09. The van der Waals surface area contributed by atoms with Crippen molar-refractivity contribution in [2.24, 2.45) is 0 Å². The van der Waals surface area contributed by atoms with Crippen LogP contribution in [-0.2, 0) is 6.42 Å². The SMILES string of the molecule is CCc1cccnc1-c1ncc(C)s1. The molecule has 0 amide bonds. The summed E-state index contributed by atoms with van der Waals surface area (Å²) in [7, 11) is 0. The summed E-state index contributed by atoms with van der Waals surface area (Å²) >= 11 is 1.70. The number of hydrogen-bond acceptors (Lipinski definition) is 3. The summed E-state index contributed by atoms with van der Waals surface area (Å²) in [5.41, 5.74) is 2.30. The van der Waals surface area contributed by atoms with Gasteiger partial charge in [-0.2, -0.15) is 0 Å². The van der Waals surface area contributed by atoms with Gasteiger partial charge in [-0.1, -0.05) is 13.0 Å². The summed E-state index contributed by atoms with van der Waals surface area (Å²) in [6.07, 6.45) is 4.72. The quantitative estimate of drug-likeness (QED) is 0.751. The molecule has 2 heterocycles. The van der Waals surface area contributed by atoms with Gasteiger partial charge in [-0.15, -0.1) is 11.3 Å². The van der Waals surface area contributed by atoms with Gasteiger partial charge in [0.2, 0.25) is 0 Å². The predicted molar refractivity (Wildman–Crippen MR) is 59.5 cm³/mol. The Morgan fingerprint density at radius 3 is 2.86 bits per heavy atom. The largest absolute Gasteiger partial charge is 0.253 e. The van der Waals surface area contributed by atoms with E-state index in [0.717, 1.165) is 17.1 Å². The van der Waals surface area contributed by atoms with Crippen molar-refractivity contribution in [2.45, 2.75) is 20.3 Å². The maximum Gasteiger partial charge on any atom is 0.142 e. The van der Waals surface area contributed by atoms with Crippen LogP contribution in [-0.4, -0.2) is 9.97 Å². The van der Waals surface area contributed by atoms with Crippen molar-refractivity contribution >= 4 is 11.3 Å². The molecule has 0 spiro atoms. The van der Waals surface area contributed by atoms with Crippen LogP contribution >= 0.6 is 11.3 Å². The molecule has 0 bridgehead atoms. The Bertz CT molecular complexity index is 434. The molecule has 0 aliphatic rings. The third kappa shape index (κ3) is 1.68. The molecule has 72 valence electrons. The van der Waals surface area contributed by atoms with Crippen LogP contribution in [0.5, 0.6) is 0 Å². The molecule has 14 heavy (non-hydrogen) atoms. The van der Waals surface area contributed by atoms with E-state index in [9.17, 15) is 0 Å². The zero-order valence-corrected chi connectivity index (χ0v) is 9.14. The number of pyridine rings is 1. The van der Waals surface area contributed by atoms with E-state index in [1.54, 1.807) is 11.3 Å². The Hall–Kier alpha value is -1.22. The van der Waals surface area contributed by atoms with Gasteiger partial charge in [0.05, 0.1) is 0 Å². The maximum atomic E-state index is 4.38. The van der Waals surface area contributed by atoms with Crippen molar-refractivity contribution in [1.29, 1.82) is 0 Å². The van der Waals surface area contributed by atoms with Crippen LogP contribution in [0.4, 0.5) is 0 Å². The molecule has 0 unspecified atom stereocenters. The van der Waals surface area contributed by atoms with E-state index in [-0.39, 0.29) is 0 Å². The molecule has 0 aliphatic heterocycles. The summed E-state index contributed by atoms with van der Waals surface area (Å²) < 4.78 is 0. The Morgan fingerprint density at radius 2 is 2.21 bits per heavy atom. The zero-order valence-electron chi connectivity index (χ0n) is 8.32. The molecule has 2 rings (SSSR count). The van der Waals surface area contributed by atoms with Crippen molar-refractivity contribution in [2.75, 3.05) is 0 Å². The van der Waals surface area contributed by atoms with E-state index in [2.05, 4.69) is 29.9 Å². The third-order valence-corrected chi connectivity index (χ3v) is 3.02. The van der Waals surface area contributed by atoms with Crippen molar-refractivity contribution in [1.82, 2.24) is 9.97 Å². The van der Waals surface area contributed by atoms with Gasteiger partial charge in [0.1, 0.15) is 10.7 Å². The molecule has 0 saturated carbocycles. The van der Waals surface area contributed by atoms with Crippen LogP contribution in [0.25, 0.3) is 10.7 Å². The maximum absolute atomic E-state index is 4.38. The highest BCUT2D eigenvalue weighted by atomic mass is 32.1. The first kappa shape index (κ1) is 9.34. The van der Waals surface area contributed by atoms with Gasteiger partial charge in [-0.3, -0.25) is 4.98 Å². The predicted octanol–water partition coefficient (Wildman–Crippen LogP) is 3.08. The van der Waals surface area contributed by atoms with Gasteiger partial charge in [0.25, 0.3) is 0 Å². The van der Waals surface area contributed by atoms with E-state index in [1.807, 2.05) is 18.5 Å². The monoisotopic (exact) mass is 204 g/mol. The lowest BCUT2D eigenvalue weighted by Crippen LogP contribution is -1.89. The highest BCUT2D eigenvalue weighted by Crippen LogP contribution is 2.25. The number of aromatic nitrogens is 2. The molecule has 0 aromatic carbocycles. The second-order valence-electron chi connectivity index (χ2n) is 3.14. The molecule has 2 aromatic heterocycles. The van der Waals surface area contributed by atoms with Crippen molar-refractivity contribution in [3.8, 4) is 10.7 Å². The first-order valence-corrected chi connectivity index (χ1v) is 5.49. The molecule has 0 aliphatic carbocycles. The molecule has 2 nitrogen and oxygen atoms in total. The van der Waals surface area contributed by atoms with E-state index in [4.69, 9.17) is 0 Å². The first-order valence-electron chi connectivity index (χ1n) is 4.68. The minimum absolute atomic E-state index is 1.00. The van der Waals surface area contributed by atoms with Crippen LogP contribution in [0.3, 0.4) is 0 Å². The smallest absolute Gasteiger partial charge is 0.142 e. The van der Waals surface area contributed by atoms with Gasteiger partial charge in [-0.25, -0.2) is 4.98 Å². The fourth-order valence-electron chi connectivity index (χ4n) is 1.38. The Morgan fingerprint density at radius 1 is 1.36 bits per heavy atom. The summed E-state index contributed by atoms with van der Waals surface area (Å²) in [4.78, 5) is 9.96. The van der Waals surface area contributed by atoms with E-state index in [1.165, 1.54) is 10.4 Å². The highest BCUT2D eigenvalue weighted by Gasteiger charge is 2.07. The van der Waals surface area contributed by atoms with E-state index in [0.29, 0.717) is 0 Å². The van der Waals surface area contributed by atoms with Gasteiger partial charge in [0, 0.05) is 17.3 Å². The van der Waals surface area contributed by atoms with E-state index < -0.39 is 0 Å². The average Bonchev–Trinajstić information content (AvgIpc) is 2.65. The minimum atomic E-state index is 1.00. The van der Waals surface area contributed by atoms with Crippen LogP contribution < -0.4 is 0 Å². The average molecular weight is 204 g/mol. The number of rotatable bonds is 2. The normalized spacial score (nSPS) is 10.4. The summed E-state index contributed by atoms with van der Waals surface area (Å²) in [5.74, 6) is 0. The van der Waals surface area contributed by atoms with Crippen LogP contribution in [0.15, 0.2) is 24.5 Å². The molecular formula is C11H12N2S. The number of aryl methyl sites for hydroxylation is 2. The van der Waals surface area contributed by atoms with Gasteiger partial charge < -0.3 is 0 Å². The number of thiazole rings is 1. The fraction of sp³-hybridized carbons (Fsp3) is 0.273. The molecule has 0 saturated heterocycles. The Labute approximate surface area is 87.7 Å². The Balaban J connectivity index is 2.50. The summed E-state index contributed by atoms with van der Waals surface area (Å²) in [5, 5.41) is 1.03. The fourth-order valence-corrected chi connectivity index (χ4v) is 2.18. The van der Waals surface area contributed by atoms with Gasteiger partial charge in [-0.05, 0) is 25.0 Å². The van der Waals surface area contributed by atoms with Crippen LogP contribution in [0.2, 0.25) is 0 Å². The topological polar surface area (TPSA) is 25.8 Å². The lowest BCUT2D eigenvalue weighted by molar-refractivity contribution is 1.10. The third-order valence-electron chi connectivity index (χ3n) is 2.10. The van der Waals surface area contributed by atoms with E-state index >= 15 is 0 Å². The lowest BCUT2D eigenvalue weighted by atomic mass is 10.1. The van der Waals surface area contributed by atoms with Crippen LogP contribution in [0, 0.1) is 6.92 Å². The number of nitrogens with zero attached hydrogens (tertiary/aromatic N) is 2. The molecule has 2 aromatic rings. The lowest BCUT2D eigenvalue weighted by Gasteiger charge is -2.01. The zero-order chi connectivity index (χ0) is 9.97.